The van der Waals surface area contributed by atoms with E-state index in [0.29, 0.717) is 0 Å². The van der Waals surface area contributed by atoms with Crippen molar-refractivity contribution in [3.8, 4) is 0 Å². The summed E-state index contributed by atoms with van der Waals surface area (Å²) in [6.07, 6.45) is 2.74. The van der Waals surface area contributed by atoms with Gasteiger partial charge >= 0.3 is 5.97 Å². The van der Waals surface area contributed by atoms with E-state index in [1.807, 2.05) is 24.3 Å². The number of anilines is 1. The maximum Gasteiger partial charge on any atom is 0.331 e. The summed E-state index contributed by atoms with van der Waals surface area (Å²) >= 11 is 3.41. The fraction of sp³-hybridized carbons (Fsp3) is 0.417. The summed E-state index contributed by atoms with van der Waals surface area (Å²) in [6, 6.07) is 7.81. The molecule has 0 aromatic heterocycles. The molecule has 0 amide bonds. The van der Waals surface area contributed by atoms with E-state index in [0.717, 1.165) is 29.4 Å². The molecular weight excluding hydrogens is 270 g/mol. The Bertz CT molecular complexity index is 402. The van der Waals surface area contributed by atoms with Crippen LogP contribution in [0.3, 0.4) is 0 Å². The summed E-state index contributed by atoms with van der Waals surface area (Å²) in [6.45, 7) is 0. The molecule has 0 spiro atoms. The molecule has 0 saturated heterocycles. The molecule has 0 bridgehead atoms. The third-order valence-electron chi connectivity index (χ3n) is 2.99. The van der Waals surface area contributed by atoms with E-state index in [-0.39, 0.29) is 5.97 Å². The van der Waals surface area contributed by atoms with Crippen molar-refractivity contribution in [2.75, 3.05) is 12.4 Å². The fourth-order valence-corrected chi connectivity index (χ4v) is 2.35. The first-order valence-corrected chi connectivity index (χ1v) is 6.08. The van der Waals surface area contributed by atoms with E-state index in [4.69, 9.17) is 4.74 Å². The van der Waals surface area contributed by atoms with E-state index in [1.54, 1.807) is 0 Å². The topological polar surface area (TPSA) is 38.3 Å². The van der Waals surface area contributed by atoms with Crippen LogP contribution >= 0.6 is 15.9 Å². The van der Waals surface area contributed by atoms with Crippen molar-refractivity contribution in [2.45, 2.75) is 24.8 Å². The molecule has 0 aliphatic heterocycles. The summed E-state index contributed by atoms with van der Waals surface area (Å²) in [5.41, 5.74) is 0.440. The number of hydrogen-bond donors (Lipinski definition) is 1. The first-order chi connectivity index (χ1) is 7.66. The molecular formula is C12H14BrNO2. The first kappa shape index (κ1) is 11.5. The lowest BCUT2D eigenvalue weighted by molar-refractivity contribution is -0.149. The minimum atomic E-state index is -0.504. The van der Waals surface area contributed by atoms with Crippen molar-refractivity contribution in [3.63, 3.8) is 0 Å². The number of carbonyl (C=O) groups excluding carboxylic acids is 1. The minimum absolute atomic E-state index is 0.168. The summed E-state index contributed by atoms with van der Waals surface area (Å²) in [5, 5.41) is 3.28. The monoisotopic (exact) mass is 283 g/mol. The van der Waals surface area contributed by atoms with E-state index in [2.05, 4.69) is 21.2 Å². The second kappa shape index (κ2) is 4.45. The summed E-state index contributed by atoms with van der Waals surface area (Å²) in [7, 11) is 1.44. The highest BCUT2D eigenvalue weighted by Crippen LogP contribution is 2.36. The van der Waals surface area contributed by atoms with Gasteiger partial charge in [0, 0.05) is 10.2 Å². The Hall–Kier alpha value is -1.03. The SMILES string of the molecule is COC(=O)C1(Nc2cccc(Br)c2)CCC1. The summed E-state index contributed by atoms with van der Waals surface area (Å²) < 4.78 is 5.84. The normalized spacial score (nSPS) is 17.4. The van der Waals surface area contributed by atoms with Gasteiger partial charge in [0.05, 0.1) is 7.11 Å². The zero-order valence-electron chi connectivity index (χ0n) is 9.13. The molecule has 1 aliphatic carbocycles. The molecule has 0 atom stereocenters. The molecule has 3 nitrogen and oxygen atoms in total. The van der Waals surface area contributed by atoms with Crippen LogP contribution in [0, 0.1) is 0 Å². The van der Waals surface area contributed by atoms with E-state index >= 15 is 0 Å². The zero-order valence-corrected chi connectivity index (χ0v) is 10.7. The number of methoxy groups -OCH3 is 1. The van der Waals surface area contributed by atoms with E-state index in [9.17, 15) is 4.79 Å². The molecule has 16 heavy (non-hydrogen) atoms. The van der Waals surface area contributed by atoms with Crippen LogP contribution in [0.5, 0.6) is 0 Å². The van der Waals surface area contributed by atoms with Crippen molar-refractivity contribution in [1.82, 2.24) is 0 Å². The predicted molar refractivity (Wildman–Crippen MR) is 66.4 cm³/mol. The van der Waals surface area contributed by atoms with Crippen LogP contribution in [-0.4, -0.2) is 18.6 Å². The molecule has 0 heterocycles. The van der Waals surface area contributed by atoms with Crippen molar-refractivity contribution < 1.29 is 9.53 Å². The van der Waals surface area contributed by atoms with Gasteiger partial charge < -0.3 is 10.1 Å². The standard InChI is InChI=1S/C12H14BrNO2/c1-16-11(15)12(6-3-7-12)14-10-5-2-4-9(13)8-10/h2,4-5,8,14H,3,6-7H2,1H3. The van der Waals surface area contributed by atoms with E-state index < -0.39 is 5.54 Å². The lowest BCUT2D eigenvalue weighted by Gasteiger charge is -2.40. The number of esters is 1. The Morgan fingerprint density at radius 3 is 2.75 bits per heavy atom. The lowest BCUT2D eigenvalue weighted by atomic mass is 9.76. The van der Waals surface area contributed by atoms with Gasteiger partial charge in [0.25, 0.3) is 0 Å². The molecule has 0 radical (unpaired) electrons. The third kappa shape index (κ3) is 2.07. The van der Waals surface area contributed by atoms with Crippen LogP contribution in [0.25, 0.3) is 0 Å². The highest BCUT2D eigenvalue weighted by Gasteiger charge is 2.45. The number of carbonyl (C=O) groups is 1. The van der Waals surface area contributed by atoms with Gasteiger partial charge in [0.2, 0.25) is 0 Å². The van der Waals surface area contributed by atoms with Crippen molar-refractivity contribution in [2.24, 2.45) is 0 Å². The van der Waals surface area contributed by atoms with Gasteiger partial charge in [-0.25, -0.2) is 4.79 Å². The Kier molecular flexibility index (Phi) is 3.19. The van der Waals surface area contributed by atoms with Crippen molar-refractivity contribution in [3.05, 3.63) is 28.7 Å². The lowest BCUT2D eigenvalue weighted by Crippen LogP contribution is -2.52. The number of halogens is 1. The molecule has 1 aromatic rings. The number of rotatable bonds is 3. The van der Waals surface area contributed by atoms with Gasteiger partial charge in [0.15, 0.2) is 0 Å². The van der Waals surface area contributed by atoms with Crippen LogP contribution in [0.1, 0.15) is 19.3 Å². The van der Waals surface area contributed by atoms with Gasteiger partial charge in [-0.2, -0.15) is 0 Å². The van der Waals surface area contributed by atoms with Crippen LogP contribution in [0.2, 0.25) is 0 Å². The van der Waals surface area contributed by atoms with Crippen molar-refractivity contribution in [1.29, 1.82) is 0 Å². The van der Waals surface area contributed by atoms with Crippen molar-refractivity contribution >= 4 is 27.6 Å². The van der Waals surface area contributed by atoms with Crippen LogP contribution in [-0.2, 0) is 9.53 Å². The Morgan fingerprint density at radius 2 is 2.25 bits per heavy atom. The quantitative estimate of drug-likeness (QED) is 0.867. The van der Waals surface area contributed by atoms with Gasteiger partial charge in [-0.05, 0) is 37.5 Å². The van der Waals surface area contributed by atoms with Gasteiger partial charge in [-0.3, -0.25) is 0 Å². The highest BCUT2D eigenvalue weighted by atomic mass is 79.9. The average molecular weight is 284 g/mol. The summed E-state index contributed by atoms with van der Waals surface area (Å²) in [4.78, 5) is 11.7. The molecule has 1 fully saturated rings. The highest BCUT2D eigenvalue weighted by molar-refractivity contribution is 9.10. The van der Waals surface area contributed by atoms with Gasteiger partial charge in [0.1, 0.15) is 5.54 Å². The second-order valence-electron chi connectivity index (χ2n) is 4.06. The maximum atomic E-state index is 11.7. The fourth-order valence-electron chi connectivity index (χ4n) is 1.95. The maximum absolute atomic E-state index is 11.7. The Morgan fingerprint density at radius 1 is 1.50 bits per heavy atom. The Labute approximate surface area is 103 Å². The third-order valence-corrected chi connectivity index (χ3v) is 3.48. The minimum Gasteiger partial charge on any atom is -0.467 e. The number of benzene rings is 1. The molecule has 1 aliphatic rings. The molecule has 0 unspecified atom stereocenters. The van der Waals surface area contributed by atoms with Crippen LogP contribution in [0.15, 0.2) is 28.7 Å². The zero-order chi connectivity index (χ0) is 11.6. The first-order valence-electron chi connectivity index (χ1n) is 5.28. The smallest absolute Gasteiger partial charge is 0.331 e. The van der Waals surface area contributed by atoms with Gasteiger partial charge in [-0.1, -0.05) is 22.0 Å². The Balaban J connectivity index is 2.16. The van der Waals surface area contributed by atoms with E-state index in [1.165, 1.54) is 7.11 Å². The number of ether oxygens (including phenoxy) is 1. The van der Waals surface area contributed by atoms with Crippen LogP contribution in [0.4, 0.5) is 5.69 Å². The molecule has 86 valence electrons. The number of nitrogens with one attached hydrogen (secondary N) is 1. The predicted octanol–water partition coefficient (Wildman–Crippen LogP) is 2.96. The number of hydrogen-bond acceptors (Lipinski definition) is 3. The molecule has 1 saturated carbocycles. The molecule has 1 aromatic carbocycles. The average Bonchev–Trinajstić information content (AvgIpc) is 2.22. The summed E-state index contributed by atoms with van der Waals surface area (Å²) in [5.74, 6) is -0.168. The van der Waals surface area contributed by atoms with Crippen LogP contribution < -0.4 is 5.32 Å². The molecule has 2 rings (SSSR count). The molecule has 4 heteroatoms. The largest absolute Gasteiger partial charge is 0.467 e. The molecule has 1 N–H and O–H groups in total. The second-order valence-corrected chi connectivity index (χ2v) is 4.98. The van der Waals surface area contributed by atoms with Gasteiger partial charge in [-0.15, -0.1) is 0 Å².